The molecule has 0 aromatic heterocycles. The van der Waals surface area contributed by atoms with E-state index in [-0.39, 0.29) is 29.3 Å². The highest BCUT2D eigenvalue weighted by Gasteiger charge is 2.56. The van der Waals surface area contributed by atoms with Crippen molar-refractivity contribution in [3.8, 4) is 0 Å². The topological polar surface area (TPSA) is 49.8 Å². The number of amides is 1. The molecule has 1 saturated heterocycles. The molecule has 2 atom stereocenters. The van der Waals surface area contributed by atoms with Crippen molar-refractivity contribution in [2.75, 3.05) is 19.7 Å². The van der Waals surface area contributed by atoms with Gasteiger partial charge in [-0.2, -0.15) is 0 Å². The Labute approximate surface area is 149 Å². The molecule has 5 heteroatoms. The quantitative estimate of drug-likeness (QED) is 0.909. The zero-order valence-corrected chi connectivity index (χ0v) is 15.3. The number of hydrogen-bond acceptors (Lipinski definition) is 3. The van der Waals surface area contributed by atoms with E-state index in [0.717, 1.165) is 12.8 Å². The number of carbonyl (C=O) groups is 1. The maximum absolute atomic E-state index is 13.6. The van der Waals surface area contributed by atoms with Gasteiger partial charge < -0.3 is 14.7 Å². The molecule has 1 spiro atoms. The summed E-state index contributed by atoms with van der Waals surface area (Å²) in [7, 11) is 0. The summed E-state index contributed by atoms with van der Waals surface area (Å²) < 4.78 is 19.3. The fraction of sp³-hybridized carbons (Fsp3) is 0.650. The lowest BCUT2D eigenvalue weighted by atomic mass is 9.58. The van der Waals surface area contributed by atoms with Crippen LogP contribution in [0.4, 0.5) is 4.39 Å². The van der Waals surface area contributed by atoms with E-state index in [0.29, 0.717) is 31.7 Å². The van der Waals surface area contributed by atoms with Crippen LogP contribution in [0.3, 0.4) is 0 Å². The second-order valence-electron chi connectivity index (χ2n) is 7.86. The Morgan fingerprint density at radius 3 is 2.64 bits per heavy atom. The van der Waals surface area contributed by atoms with Crippen LogP contribution in [0.1, 0.15) is 45.6 Å². The summed E-state index contributed by atoms with van der Waals surface area (Å²) in [5.41, 5.74) is -0.284. The zero-order chi connectivity index (χ0) is 18.2. The van der Waals surface area contributed by atoms with Gasteiger partial charge in [0.1, 0.15) is 5.82 Å². The van der Waals surface area contributed by atoms with Crippen LogP contribution in [-0.4, -0.2) is 47.8 Å². The molecule has 1 saturated carbocycles. The number of hydrogen-bond donors (Lipinski definition) is 1. The van der Waals surface area contributed by atoms with Gasteiger partial charge in [0, 0.05) is 31.5 Å². The minimum Gasteiger partial charge on any atom is -0.392 e. The van der Waals surface area contributed by atoms with Crippen molar-refractivity contribution in [2.24, 2.45) is 5.41 Å². The van der Waals surface area contributed by atoms with Crippen molar-refractivity contribution in [3.05, 3.63) is 35.6 Å². The average molecular weight is 349 g/mol. The molecule has 1 aliphatic heterocycles. The van der Waals surface area contributed by atoms with E-state index < -0.39 is 5.41 Å². The van der Waals surface area contributed by atoms with Crippen LogP contribution < -0.4 is 0 Å². The van der Waals surface area contributed by atoms with Crippen molar-refractivity contribution < 1.29 is 19.0 Å². The number of nitrogens with zero attached hydrogens (tertiary/aromatic N) is 1. The van der Waals surface area contributed by atoms with Gasteiger partial charge in [0.2, 0.25) is 5.91 Å². The highest BCUT2D eigenvalue weighted by Crippen LogP contribution is 2.51. The molecule has 0 radical (unpaired) electrons. The molecule has 2 fully saturated rings. The van der Waals surface area contributed by atoms with Crippen molar-refractivity contribution in [2.45, 2.75) is 57.7 Å². The number of rotatable bonds is 4. The third-order valence-corrected chi connectivity index (χ3v) is 6.17. The van der Waals surface area contributed by atoms with E-state index in [1.807, 2.05) is 25.7 Å². The van der Waals surface area contributed by atoms with Gasteiger partial charge in [0.05, 0.1) is 17.6 Å². The first kappa shape index (κ1) is 18.3. The predicted octanol–water partition coefficient (Wildman–Crippen LogP) is 2.88. The van der Waals surface area contributed by atoms with Crippen LogP contribution in [0.15, 0.2) is 24.3 Å². The number of aliphatic hydroxyl groups is 1. The molecule has 1 N–H and O–H groups in total. The molecule has 4 nitrogen and oxygen atoms in total. The monoisotopic (exact) mass is 349 g/mol. The Hall–Kier alpha value is -1.46. The third kappa shape index (κ3) is 3.08. The Morgan fingerprint density at radius 2 is 2.08 bits per heavy atom. The molecule has 1 aliphatic carbocycles. The first-order chi connectivity index (χ1) is 11.8. The molecule has 1 aromatic rings. The van der Waals surface area contributed by atoms with Crippen LogP contribution in [0.25, 0.3) is 0 Å². The average Bonchev–Trinajstić information content (AvgIpc) is 2.61. The number of ether oxygens (including phenoxy) is 1. The van der Waals surface area contributed by atoms with E-state index in [2.05, 4.69) is 0 Å². The summed E-state index contributed by atoms with van der Waals surface area (Å²) in [5, 5.41) is 10.3. The van der Waals surface area contributed by atoms with E-state index >= 15 is 0 Å². The molecule has 138 valence electrons. The second-order valence-corrected chi connectivity index (χ2v) is 7.86. The summed E-state index contributed by atoms with van der Waals surface area (Å²) >= 11 is 0. The van der Waals surface area contributed by atoms with E-state index in [1.54, 1.807) is 12.1 Å². The van der Waals surface area contributed by atoms with Crippen LogP contribution in [0.2, 0.25) is 0 Å². The van der Waals surface area contributed by atoms with Gasteiger partial charge in [0.25, 0.3) is 0 Å². The first-order valence-electron chi connectivity index (χ1n) is 9.16. The highest BCUT2D eigenvalue weighted by atomic mass is 19.1. The lowest BCUT2D eigenvalue weighted by Gasteiger charge is -2.57. The lowest BCUT2D eigenvalue weighted by Crippen LogP contribution is -2.63. The Bertz CT molecular complexity index is 636. The summed E-state index contributed by atoms with van der Waals surface area (Å²) in [4.78, 5) is 14.9. The van der Waals surface area contributed by atoms with Gasteiger partial charge >= 0.3 is 0 Å². The minimum absolute atomic E-state index is 0.00900. The second kappa shape index (κ2) is 6.69. The molecule has 1 amide bonds. The number of benzene rings is 1. The molecule has 25 heavy (non-hydrogen) atoms. The number of likely N-dealkylation sites (tertiary alicyclic amines) is 1. The maximum atomic E-state index is 13.6. The van der Waals surface area contributed by atoms with Gasteiger partial charge in [-0.25, -0.2) is 4.39 Å². The van der Waals surface area contributed by atoms with Crippen LogP contribution in [0.5, 0.6) is 0 Å². The number of piperidine rings is 1. The molecule has 1 aromatic carbocycles. The standard InChI is InChI=1S/C20H28FNO3/c1-4-25-17-13-16(23)20(17)8-10-22(11-9-20)18(24)19(2,3)14-6-5-7-15(21)12-14/h5-7,12,16-17,23H,4,8-11,13H2,1-3H3. The molecule has 2 aliphatic rings. The van der Waals surface area contributed by atoms with Crippen molar-refractivity contribution >= 4 is 5.91 Å². The summed E-state index contributed by atoms with van der Waals surface area (Å²) in [5.74, 6) is -0.317. The van der Waals surface area contributed by atoms with Crippen molar-refractivity contribution in [3.63, 3.8) is 0 Å². The Balaban J connectivity index is 1.69. The molecule has 3 rings (SSSR count). The van der Waals surface area contributed by atoms with E-state index in [9.17, 15) is 14.3 Å². The van der Waals surface area contributed by atoms with Gasteiger partial charge in [-0.1, -0.05) is 12.1 Å². The molecule has 2 unspecified atom stereocenters. The fourth-order valence-electron chi connectivity index (χ4n) is 4.34. The maximum Gasteiger partial charge on any atom is 0.232 e. The highest BCUT2D eigenvalue weighted by molar-refractivity contribution is 5.87. The van der Waals surface area contributed by atoms with Crippen molar-refractivity contribution in [1.82, 2.24) is 4.90 Å². The lowest BCUT2D eigenvalue weighted by molar-refractivity contribution is -0.210. The minimum atomic E-state index is -0.774. The van der Waals surface area contributed by atoms with Crippen molar-refractivity contribution in [1.29, 1.82) is 0 Å². The zero-order valence-electron chi connectivity index (χ0n) is 15.3. The van der Waals surface area contributed by atoms with E-state index in [1.165, 1.54) is 12.1 Å². The van der Waals surface area contributed by atoms with Crippen LogP contribution in [0, 0.1) is 11.2 Å². The summed E-state index contributed by atoms with van der Waals surface area (Å²) in [6.07, 6.45) is 1.96. The number of halogens is 1. The van der Waals surface area contributed by atoms with E-state index in [4.69, 9.17) is 4.74 Å². The van der Waals surface area contributed by atoms with Gasteiger partial charge in [-0.15, -0.1) is 0 Å². The molecular formula is C20H28FNO3. The first-order valence-corrected chi connectivity index (χ1v) is 9.16. The normalized spacial score (nSPS) is 25.7. The van der Waals surface area contributed by atoms with Gasteiger partial charge in [-0.05, 0) is 51.3 Å². The smallest absolute Gasteiger partial charge is 0.232 e. The van der Waals surface area contributed by atoms with Crippen LogP contribution in [-0.2, 0) is 14.9 Å². The molecular weight excluding hydrogens is 321 g/mol. The summed E-state index contributed by atoms with van der Waals surface area (Å²) in [6.45, 7) is 7.52. The molecule has 1 heterocycles. The third-order valence-electron chi connectivity index (χ3n) is 6.17. The van der Waals surface area contributed by atoms with Gasteiger partial charge in [-0.3, -0.25) is 4.79 Å². The van der Waals surface area contributed by atoms with Crippen LogP contribution >= 0.6 is 0 Å². The Kier molecular flexibility index (Phi) is 4.91. The van der Waals surface area contributed by atoms with Gasteiger partial charge in [0.15, 0.2) is 0 Å². The Morgan fingerprint density at radius 1 is 1.40 bits per heavy atom. The predicted molar refractivity (Wildman–Crippen MR) is 93.7 cm³/mol. The SMILES string of the molecule is CCOC1CC(O)C12CCN(C(=O)C(C)(C)c1cccc(F)c1)CC2. The molecule has 0 bridgehead atoms. The fourth-order valence-corrected chi connectivity index (χ4v) is 4.34. The summed E-state index contributed by atoms with van der Waals surface area (Å²) in [6, 6.07) is 6.26. The number of carbonyl (C=O) groups excluding carboxylic acids is 1. The number of aliphatic hydroxyl groups excluding tert-OH is 1. The largest absolute Gasteiger partial charge is 0.392 e.